The van der Waals surface area contributed by atoms with Gasteiger partial charge < -0.3 is 9.73 Å². The Labute approximate surface area is 160 Å². The summed E-state index contributed by atoms with van der Waals surface area (Å²) in [6.45, 7) is 0.137. The smallest absolute Gasteiger partial charge is 0.293 e. The van der Waals surface area contributed by atoms with Crippen molar-refractivity contribution in [1.82, 2.24) is 10.2 Å². The van der Waals surface area contributed by atoms with Crippen molar-refractivity contribution < 1.29 is 23.2 Å². The molecule has 134 valence electrons. The quantitative estimate of drug-likeness (QED) is 0.720. The lowest BCUT2D eigenvalue weighted by atomic mass is 10.2. The van der Waals surface area contributed by atoms with Gasteiger partial charge in [-0.3, -0.25) is 19.3 Å². The Balaban J connectivity index is 1.58. The minimum absolute atomic E-state index is 0.0407. The van der Waals surface area contributed by atoms with Gasteiger partial charge in [-0.15, -0.1) is 0 Å². The monoisotopic (exact) mass is 438 g/mol. The van der Waals surface area contributed by atoms with Gasteiger partial charge in [0.25, 0.3) is 17.1 Å². The van der Waals surface area contributed by atoms with E-state index in [0.717, 1.165) is 16.7 Å². The third-order valence-corrected chi connectivity index (χ3v) is 4.79. The van der Waals surface area contributed by atoms with E-state index in [1.807, 2.05) is 0 Å². The fraction of sp³-hybridized carbons (Fsp3) is 0.118. The number of hydrogen-bond acceptors (Lipinski definition) is 5. The SMILES string of the molecule is O=C(NCCN1C(=O)S/C(=C/c2ccc(F)cc2)C1=O)c1ccc(Br)o1. The van der Waals surface area contributed by atoms with E-state index < -0.39 is 17.1 Å². The minimum Gasteiger partial charge on any atom is -0.444 e. The number of amides is 3. The Bertz CT molecular complexity index is 894. The zero-order valence-electron chi connectivity index (χ0n) is 13.2. The minimum atomic E-state index is -0.445. The molecule has 1 aromatic heterocycles. The van der Waals surface area contributed by atoms with Gasteiger partial charge in [0.2, 0.25) is 0 Å². The summed E-state index contributed by atoms with van der Waals surface area (Å²) in [5.41, 5.74) is 0.619. The van der Waals surface area contributed by atoms with Gasteiger partial charge in [-0.2, -0.15) is 0 Å². The molecule has 0 atom stereocenters. The predicted molar refractivity (Wildman–Crippen MR) is 97.8 cm³/mol. The molecule has 9 heteroatoms. The number of carbonyl (C=O) groups excluding carboxylic acids is 3. The summed E-state index contributed by atoms with van der Waals surface area (Å²) < 4.78 is 18.5. The zero-order valence-corrected chi connectivity index (χ0v) is 15.6. The van der Waals surface area contributed by atoms with E-state index in [1.165, 1.54) is 36.4 Å². The number of imide groups is 1. The van der Waals surface area contributed by atoms with Gasteiger partial charge in [0.05, 0.1) is 4.91 Å². The van der Waals surface area contributed by atoms with Crippen LogP contribution in [-0.2, 0) is 4.79 Å². The van der Waals surface area contributed by atoms with Gasteiger partial charge in [-0.05, 0) is 63.6 Å². The van der Waals surface area contributed by atoms with Gasteiger partial charge in [0.15, 0.2) is 10.4 Å². The number of benzene rings is 1. The molecule has 0 spiro atoms. The average Bonchev–Trinajstić information content (AvgIpc) is 3.15. The lowest BCUT2D eigenvalue weighted by molar-refractivity contribution is -0.122. The normalized spacial score (nSPS) is 15.8. The van der Waals surface area contributed by atoms with Crippen LogP contribution in [0.2, 0.25) is 0 Å². The topological polar surface area (TPSA) is 79.6 Å². The fourth-order valence-electron chi connectivity index (χ4n) is 2.21. The van der Waals surface area contributed by atoms with Gasteiger partial charge >= 0.3 is 0 Å². The summed E-state index contributed by atoms with van der Waals surface area (Å²) in [5.74, 6) is -1.14. The van der Waals surface area contributed by atoms with Crippen molar-refractivity contribution in [1.29, 1.82) is 0 Å². The Morgan fingerprint density at radius 3 is 2.62 bits per heavy atom. The molecule has 2 heterocycles. The number of nitrogens with zero attached hydrogens (tertiary/aromatic N) is 1. The Morgan fingerprint density at radius 1 is 1.23 bits per heavy atom. The summed E-state index contributed by atoms with van der Waals surface area (Å²) in [5, 5.41) is 2.16. The molecule has 1 aliphatic rings. The third kappa shape index (κ3) is 4.23. The lowest BCUT2D eigenvalue weighted by Gasteiger charge is -2.12. The van der Waals surface area contributed by atoms with Gasteiger partial charge in [-0.1, -0.05) is 12.1 Å². The molecule has 0 unspecified atom stereocenters. The number of rotatable bonds is 5. The van der Waals surface area contributed by atoms with Crippen molar-refractivity contribution >= 4 is 50.8 Å². The van der Waals surface area contributed by atoms with Crippen LogP contribution >= 0.6 is 27.7 Å². The molecule has 1 aliphatic heterocycles. The Hall–Kier alpha value is -2.39. The van der Waals surface area contributed by atoms with E-state index >= 15 is 0 Å². The highest BCUT2D eigenvalue weighted by molar-refractivity contribution is 9.10. The van der Waals surface area contributed by atoms with Crippen LogP contribution in [0, 0.1) is 5.82 Å². The van der Waals surface area contributed by atoms with Gasteiger partial charge in [0.1, 0.15) is 5.82 Å². The molecule has 2 aromatic rings. The van der Waals surface area contributed by atoms with E-state index in [4.69, 9.17) is 4.42 Å². The fourth-order valence-corrected chi connectivity index (χ4v) is 3.38. The van der Waals surface area contributed by atoms with Crippen LogP contribution in [0.3, 0.4) is 0 Å². The number of thioether (sulfide) groups is 1. The maximum atomic E-state index is 12.9. The highest BCUT2D eigenvalue weighted by atomic mass is 79.9. The Kier molecular flexibility index (Phi) is 5.58. The standard InChI is InChI=1S/C17H12BrFN2O4S/c18-14-6-5-12(25-14)15(22)20-7-8-21-16(23)13(26-17(21)24)9-10-1-3-11(19)4-2-10/h1-6,9H,7-8H2,(H,20,22)/b13-9+. The van der Waals surface area contributed by atoms with E-state index in [2.05, 4.69) is 21.2 Å². The molecule has 0 radical (unpaired) electrons. The maximum Gasteiger partial charge on any atom is 0.293 e. The van der Waals surface area contributed by atoms with E-state index in [9.17, 15) is 18.8 Å². The average molecular weight is 439 g/mol. The van der Waals surface area contributed by atoms with Gasteiger partial charge in [0, 0.05) is 13.1 Å². The number of halogens is 2. The summed E-state index contributed by atoms with van der Waals surface area (Å²) in [7, 11) is 0. The Morgan fingerprint density at radius 2 is 1.96 bits per heavy atom. The lowest BCUT2D eigenvalue weighted by Crippen LogP contribution is -2.37. The molecule has 3 rings (SSSR count). The first-order valence-electron chi connectivity index (χ1n) is 7.48. The van der Waals surface area contributed by atoms with Gasteiger partial charge in [-0.25, -0.2) is 4.39 Å². The van der Waals surface area contributed by atoms with Crippen LogP contribution in [0.5, 0.6) is 0 Å². The van der Waals surface area contributed by atoms with Crippen molar-refractivity contribution in [2.45, 2.75) is 0 Å². The predicted octanol–water partition coefficient (Wildman–Crippen LogP) is 3.65. The molecule has 1 N–H and O–H groups in total. The molecule has 26 heavy (non-hydrogen) atoms. The first-order valence-corrected chi connectivity index (χ1v) is 9.09. The van der Waals surface area contributed by atoms with Crippen molar-refractivity contribution in [3.63, 3.8) is 0 Å². The van der Waals surface area contributed by atoms with Crippen LogP contribution in [-0.4, -0.2) is 35.0 Å². The molecular formula is C17H12BrFN2O4S. The second kappa shape index (κ2) is 7.88. The number of nitrogens with one attached hydrogen (secondary N) is 1. The third-order valence-electron chi connectivity index (χ3n) is 3.46. The van der Waals surface area contributed by atoms with Crippen molar-refractivity contribution in [3.8, 4) is 0 Å². The summed E-state index contributed by atoms with van der Waals surface area (Å²) >= 11 is 3.91. The second-order valence-corrected chi connectivity index (χ2v) is 7.02. The molecule has 1 saturated heterocycles. The van der Waals surface area contributed by atoms with Crippen molar-refractivity contribution in [3.05, 3.63) is 63.1 Å². The highest BCUT2D eigenvalue weighted by Crippen LogP contribution is 2.31. The largest absolute Gasteiger partial charge is 0.444 e. The first kappa shape index (κ1) is 18.4. The molecule has 1 aromatic carbocycles. The molecular weight excluding hydrogens is 427 g/mol. The number of hydrogen-bond donors (Lipinski definition) is 1. The summed E-state index contributed by atoms with van der Waals surface area (Å²) in [4.78, 5) is 37.5. The van der Waals surface area contributed by atoms with E-state index in [1.54, 1.807) is 6.07 Å². The molecule has 1 fully saturated rings. The molecule has 6 nitrogen and oxygen atoms in total. The van der Waals surface area contributed by atoms with Crippen molar-refractivity contribution in [2.75, 3.05) is 13.1 Å². The number of furan rings is 1. The van der Waals surface area contributed by atoms with Crippen molar-refractivity contribution in [2.24, 2.45) is 0 Å². The van der Waals surface area contributed by atoms with Crippen LogP contribution in [0.15, 0.2) is 50.4 Å². The van der Waals surface area contributed by atoms with Crippen LogP contribution in [0.4, 0.5) is 9.18 Å². The second-order valence-electron chi connectivity index (χ2n) is 5.24. The number of carbonyl (C=O) groups is 3. The van der Waals surface area contributed by atoms with Crippen LogP contribution in [0.1, 0.15) is 16.1 Å². The first-order chi connectivity index (χ1) is 12.4. The van der Waals surface area contributed by atoms with Crippen LogP contribution < -0.4 is 5.32 Å². The zero-order chi connectivity index (χ0) is 18.7. The maximum absolute atomic E-state index is 12.9. The highest BCUT2D eigenvalue weighted by Gasteiger charge is 2.34. The molecule has 0 saturated carbocycles. The van der Waals surface area contributed by atoms with Crippen LogP contribution in [0.25, 0.3) is 6.08 Å². The summed E-state index contributed by atoms with van der Waals surface area (Å²) in [6.07, 6.45) is 1.53. The van der Waals surface area contributed by atoms with E-state index in [0.29, 0.717) is 10.2 Å². The molecule has 0 bridgehead atoms. The van der Waals surface area contributed by atoms with E-state index in [-0.39, 0.29) is 29.6 Å². The molecule has 0 aliphatic carbocycles. The summed E-state index contributed by atoms with van der Waals surface area (Å²) in [6, 6.07) is 8.68. The molecule has 3 amide bonds.